The second-order valence-corrected chi connectivity index (χ2v) is 3.83. The summed E-state index contributed by atoms with van der Waals surface area (Å²) in [5.41, 5.74) is 0. The molecular weight excluding hydrogens is 136 g/mol. The molecule has 2 aliphatic heterocycles. The van der Waals surface area contributed by atoms with Crippen molar-refractivity contribution < 1.29 is 0 Å². The number of hydrogen-bond acceptors (Lipinski definition) is 2. The standard InChI is InChI=1S/C9H18N2/c1-2-4-9(11-5-3-1)8-6-10-7-8/h8-11H,1-7H2. The largest absolute Gasteiger partial charge is 0.316 e. The Balaban J connectivity index is 1.80. The van der Waals surface area contributed by atoms with Gasteiger partial charge in [-0.1, -0.05) is 12.8 Å². The molecule has 2 N–H and O–H groups in total. The van der Waals surface area contributed by atoms with Crippen LogP contribution in [0.3, 0.4) is 0 Å². The Morgan fingerprint density at radius 3 is 2.64 bits per heavy atom. The zero-order valence-electron chi connectivity index (χ0n) is 7.10. The predicted molar refractivity (Wildman–Crippen MR) is 46.6 cm³/mol. The lowest BCUT2D eigenvalue weighted by Gasteiger charge is -2.34. The van der Waals surface area contributed by atoms with Gasteiger partial charge in [-0.3, -0.25) is 0 Å². The van der Waals surface area contributed by atoms with Crippen LogP contribution in [0, 0.1) is 5.92 Å². The quantitative estimate of drug-likeness (QED) is 0.582. The van der Waals surface area contributed by atoms with E-state index in [-0.39, 0.29) is 0 Å². The normalized spacial score (nSPS) is 34.4. The van der Waals surface area contributed by atoms with Crippen molar-refractivity contribution in [2.45, 2.75) is 31.7 Å². The van der Waals surface area contributed by atoms with Crippen LogP contribution in [0.15, 0.2) is 0 Å². The van der Waals surface area contributed by atoms with Crippen LogP contribution in [0.1, 0.15) is 25.7 Å². The molecular formula is C9H18N2. The fourth-order valence-corrected chi connectivity index (χ4v) is 2.05. The molecule has 11 heavy (non-hydrogen) atoms. The molecule has 2 nitrogen and oxygen atoms in total. The van der Waals surface area contributed by atoms with Crippen LogP contribution in [-0.2, 0) is 0 Å². The third-order valence-corrected chi connectivity index (χ3v) is 2.98. The number of hydrogen-bond donors (Lipinski definition) is 2. The van der Waals surface area contributed by atoms with Crippen molar-refractivity contribution in [1.82, 2.24) is 10.6 Å². The van der Waals surface area contributed by atoms with Gasteiger partial charge in [-0.2, -0.15) is 0 Å². The molecule has 0 aliphatic carbocycles. The maximum atomic E-state index is 3.64. The summed E-state index contributed by atoms with van der Waals surface area (Å²) in [7, 11) is 0. The van der Waals surface area contributed by atoms with E-state index < -0.39 is 0 Å². The molecule has 2 rings (SSSR count). The average molecular weight is 154 g/mol. The third-order valence-electron chi connectivity index (χ3n) is 2.98. The second kappa shape index (κ2) is 3.55. The summed E-state index contributed by atoms with van der Waals surface area (Å²) in [5, 5.41) is 6.98. The summed E-state index contributed by atoms with van der Waals surface area (Å²) in [5.74, 6) is 0.938. The summed E-state index contributed by atoms with van der Waals surface area (Å²) in [4.78, 5) is 0. The lowest BCUT2D eigenvalue weighted by Crippen LogP contribution is -2.53. The van der Waals surface area contributed by atoms with Gasteiger partial charge in [0.05, 0.1) is 0 Å². The lowest BCUT2D eigenvalue weighted by atomic mass is 9.91. The van der Waals surface area contributed by atoms with E-state index in [2.05, 4.69) is 10.6 Å². The molecule has 0 bridgehead atoms. The molecule has 0 radical (unpaired) electrons. The highest BCUT2D eigenvalue weighted by Gasteiger charge is 2.26. The molecule has 1 atom stereocenters. The fraction of sp³-hybridized carbons (Fsp3) is 1.00. The van der Waals surface area contributed by atoms with E-state index in [1.165, 1.54) is 45.3 Å². The highest BCUT2D eigenvalue weighted by atomic mass is 15.0. The summed E-state index contributed by atoms with van der Waals surface area (Å²) >= 11 is 0. The summed E-state index contributed by atoms with van der Waals surface area (Å²) in [6.07, 6.45) is 5.67. The topological polar surface area (TPSA) is 24.1 Å². The van der Waals surface area contributed by atoms with Gasteiger partial charge < -0.3 is 10.6 Å². The van der Waals surface area contributed by atoms with Crippen molar-refractivity contribution in [3.05, 3.63) is 0 Å². The Kier molecular flexibility index (Phi) is 2.44. The van der Waals surface area contributed by atoms with E-state index in [1.54, 1.807) is 0 Å². The van der Waals surface area contributed by atoms with Gasteiger partial charge in [0.2, 0.25) is 0 Å². The second-order valence-electron chi connectivity index (χ2n) is 3.83. The highest BCUT2D eigenvalue weighted by Crippen LogP contribution is 2.17. The summed E-state index contributed by atoms with van der Waals surface area (Å²) in [6, 6.07) is 0.832. The first-order valence-corrected chi connectivity index (χ1v) is 4.91. The van der Waals surface area contributed by atoms with Crippen molar-refractivity contribution >= 4 is 0 Å². The van der Waals surface area contributed by atoms with E-state index >= 15 is 0 Å². The first-order valence-electron chi connectivity index (χ1n) is 4.91. The Hall–Kier alpha value is -0.0800. The molecule has 1 unspecified atom stereocenters. The zero-order chi connectivity index (χ0) is 7.52. The van der Waals surface area contributed by atoms with Crippen LogP contribution in [0.25, 0.3) is 0 Å². The molecule has 0 aromatic heterocycles. The van der Waals surface area contributed by atoms with Crippen molar-refractivity contribution in [1.29, 1.82) is 0 Å². The number of rotatable bonds is 1. The fourth-order valence-electron chi connectivity index (χ4n) is 2.05. The summed E-state index contributed by atoms with van der Waals surface area (Å²) in [6.45, 7) is 3.75. The number of nitrogens with one attached hydrogen (secondary N) is 2. The molecule has 0 aromatic carbocycles. The van der Waals surface area contributed by atoms with Gasteiger partial charge in [0.1, 0.15) is 0 Å². The Labute approximate surface area is 68.7 Å². The van der Waals surface area contributed by atoms with Gasteiger partial charge in [0.25, 0.3) is 0 Å². The first-order chi connectivity index (χ1) is 5.47. The minimum absolute atomic E-state index is 0.832. The van der Waals surface area contributed by atoms with E-state index in [0.29, 0.717) is 0 Å². The van der Waals surface area contributed by atoms with Gasteiger partial charge in [0.15, 0.2) is 0 Å². The predicted octanol–water partition coefficient (Wildman–Crippen LogP) is 0.738. The van der Waals surface area contributed by atoms with Crippen LogP contribution in [0.2, 0.25) is 0 Å². The lowest BCUT2D eigenvalue weighted by molar-refractivity contribution is 0.251. The minimum Gasteiger partial charge on any atom is -0.316 e. The molecule has 2 saturated heterocycles. The molecule has 2 aliphatic rings. The van der Waals surface area contributed by atoms with Crippen LogP contribution >= 0.6 is 0 Å². The molecule has 0 spiro atoms. The van der Waals surface area contributed by atoms with Gasteiger partial charge in [-0.25, -0.2) is 0 Å². The molecule has 0 aromatic rings. The van der Waals surface area contributed by atoms with Crippen molar-refractivity contribution in [3.63, 3.8) is 0 Å². The van der Waals surface area contributed by atoms with Crippen molar-refractivity contribution in [2.24, 2.45) is 5.92 Å². The van der Waals surface area contributed by atoms with E-state index in [4.69, 9.17) is 0 Å². The maximum absolute atomic E-state index is 3.64. The van der Waals surface area contributed by atoms with Crippen LogP contribution < -0.4 is 10.6 Å². The van der Waals surface area contributed by atoms with E-state index in [1.807, 2.05) is 0 Å². The van der Waals surface area contributed by atoms with Crippen molar-refractivity contribution in [2.75, 3.05) is 19.6 Å². The van der Waals surface area contributed by atoms with Crippen LogP contribution in [-0.4, -0.2) is 25.7 Å². The zero-order valence-corrected chi connectivity index (χ0v) is 7.10. The molecule has 64 valence electrons. The van der Waals surface area contributed by atoms with E-state index in [9.17, 15) is 0 Å². The van der Waals surface area contributed by atoms with Gasteiger partial charge >= 0.3 is 0 Å². The van der Waals surface area contributed by atoms with Gasteiger partial charge in [-0.05, 0) is 25.3 Å². The SMILES string of the molecule is C1CCNC(C2CNC2)CC1. The summed E-state index contributed by atoms with van der Waals surface area (Å²) < 4.78 is 0. The average Bonchev–Trinajstić information content (AvgIpc) is 2.12. The highest BCUT2D eigenvalue weighted by molar-refractivity contribution is 4.87. The molecule has 2 fully saturated rings. The third kappa shape index (κ3) is 1.74. The maximum Gasteiger partial charge on any atom is 0.0120 e. The van der Waals surface area contributed by atoms with Gasteiger partial charge in [0, 0.05) is 19.1 Å². The monoisotopic (exact) mass is 154 g/mol. The Bertz CT molecular complexity index is 113. The molecule has 2 heterocycles. The van der Waals surface area contributed by atoms with Crippen molar-refractivity contribution in [3.8, 4) is 0 Å². The molecule has 2 heteroatoms. The van der Waals surface area contributed by atoms with E-state index in [0.717, 1.165) is 12.0 Å². The smallest absolute Gasteiger partial charge is 0.0120 e. The Morgan fingerprint density at radius 2 is 1.91 bits per heavy atom. The minimum atomic E-state index is 0.832. The molecule has 0 amide bonds. The first kappa shape index (κ1) is 7.56. The van der Waals surface area contributed by atoms with Crippen LogP contribution in [0.4, 0.5) is 0 Å². The van der Waals surface area contributed by atoms with Crippen LogP contribution in [0.5, 0.6) is 0 Å². The Morgan fingerprint density at radius 1 is 1.00 bits per heavy atom. The molecule has 0 saturated carbocycles. The van der Waals surface area contributed by atoms with Gasteiger partial charge in [-0.15, -0.1) is 0 Å².